The second kappa shape index (κ2) is 4.55. The molecule has 1 aromatic rings. The monoisotopic (exact) mass is 255 g/mol. The lowest BCUT2D eigenvalue weighted by Crippen LogP contribution is -2.33. The number of nitrogens with one attached hydrogen (secondary N) is 1. The third-order valence-electron chi connectivity index (χ3n) is 3.54. The Labute approximate surface area is 104 Å². The molecule has 1 aliphatic carbocycles. The summed E-state index contributed by atoms with van der Waals surface area (Å²) in [5, 5.41) is 11.4. The average molecular weight is 255 g/mol. The lowest BCUT2D eigenvalue weighted by atomic mass is 9.70. The zero-order valence-electron chi connectivity index (χ0n) is 10.1. The summed E-state index contributed by atoms with van der Waals surface area (Å²) in [6, 6.07) is 1.66. The van der Waals surface area contributed by atoms with Crippen LogP contribution in [0.25, 0.3) is 0 Å². The normalized spacial score (nSPS) is 17.1. The Morgan fingerprint density at radius 1 is 1.39 bits per heavy atom. The van der Waals surface area contributed by atoms with Crippen molar-refractivity contribution in [3.05, 3.63) is 29.3 Å². The molecule has 1 saturated carbocycles. The van der Waals surface area contributed by atoms with Crippen LogP contribution in [0.15, 0.2) is 12.1 Å². The molecule has 2 N–H and O–H groups in total. The van der Waals surface area contributed by atoms with E-state index in [1.165, 1.54) is 0 Å². The van der Waals surface area contributed by atoms with E-state index < -0.39 is 17.6 Å². The molecule has 1 aliphatic rings. The summed E-state index contributed by atoms with van der Waals surface area (Å²) < 4.78 is 27.2. The van der Waals surface area contributed by atoms with Gasteiger partial charge < -0.3 is 10.4 Å². The molecule has 0 spiro atoms. The Morgan fingerprint density at radius 3 is 2.33 bits per heavy atom. The summed E-state index contributed by atoms with van der Waals surface area (Å²) in [5.41, 5.74) is -0.539. The van der Waals surface area contributed by atoms with E-state index in [9.17, 15) is 13.6 Å². The fourth-order valence-corrected chi connectivity index (χ4v) is 2.12. The van der Waals surface area contributed by atoms with Gasteiger partial charge in [0.1, 0.15) is 17.3 Å². The van der Waals surface area contributed by atoms with Crippen LogP contribution < -0.4 is 5.32 Å². The Bertz CT molecular complexity index is 461. The second-order valence-corrected chi connectivity index (χ2v) is 5.14. The number of carboxylic acids is 1. The van der Waals surface area contributed by atoms with Crippen LogP contribution in [0.1, 0.15) is 36.5 Å². The number of hydrogen-bond donors (Lipinski definition) is 2. The predicted molar refractivity (Wildman–Crippen MR) is 63.8 cm³/mol. The quantitative estimate of drug-likeness (QED) is 0.868. The van der Waals surface area contributed by atoms with Gasteiger partial charge in [0.25, 0.3) is 0 Å². The van der Waals surface area contributed by atoms with Crippen LogP contribution >= 0.6 is 0 Å². The Hall–Kier alpha value is -1.65. The number of benzene rings is 1. The third-order valence-corrected chi connectivity index (χ3v) is 3.54. The Balaban J connectivity index is 2.15. The van der Waals surface area contributed by atoms with Crippen molar-refractivity contribution in [2.75, 3.05) is 11.9 Å². The van der Waals surface area contributed by atoms with Gasteiger partial charge in [-0.05, 0) is 30.4 Å². The van der Waals surface area contributed by atoms with E-state index >= 15 is 0 Å². The molecule has 0 aliphatic heterocycles. The molecule has 0 amide bonds. The first-order valence-electron chi connectivity index (χ1n) is 5.87. The zero-order valence-corrected chi connectivity index (χ0v) is 10.1. The van der Waals surface area contributed by atoms with Gasteiger partial charge in [-0.3, -0.25) is 0 Å². The van der Waals surface area contributed by atoms with Crippen molar-refractivity contribution in [1.82, 2.24) is 0 Å². The first-order chi connectivity index (χ1) is 8.41. The molecule has 1 aromatic carbocycles. The summed E-state index contributed by atoms with van der Waals surface area (Å²) in [7, 11) is 0. The van der Waals surface area contributed by atoms with E-state index in [1.54, 1.807) is 0 Å². The van der Waals surface area contributed by atoms with E-state index in [0.29, 0.717) is 6.54 Å². The standard InChI is InChI=1S/C13H15F2NO2/c1-13(3-2-4-13)7-16-11-9(14)5-8(12(17)18)6-10(11)15/h5-6,16H,2-4,7H2,1H3,(H,17,18). The summed E-state index contributed by atoms with van der Waals surface area (Å²) >= 11 is 0. The van der Waals surface area contributed by atoms with Crippen molar-refractivity contribution in [1.29, 1.82) is 0 Å². The van der Waals surface area contributed by atoms with Crippen LogP contribution in [-0.4, -0.2) is 17.6 Å². The van der Waals surface area contributed by atoms with Gasteiger partial charge in [0.2, 0.25) is 0 Å². The van der Waals surface area contributed by atoms with E-state index in [2.05, 4.69) is 12.2 Å². The van der Waals surface area contributed by atoms with Crippen molar-refractivity contribution in [3.8, 4) is 0 Å². The first-order valence-corrected chi connectivity index (χ1v) is 5.87. The number of carbonyl (C=O) groups is 1. The average Bonchev–Trinajstić information content (AvgIpc) is 2.25. The van der Waals surface area contributed by atoms with Crippen LogP contribution in [0, 0.1) is 17.0 Å². The fraction of sp³-hybridized carbons (Fsp3) is 0.462. The van der Waals surface area contributed by atoms with Crippen molar-refractivity contribution < 1.29 is 18.7 Å². The maximum Gasteiger partial charge on any atom is 0.335 e. The molecule has 0 radical (unpaired) electrons. The van der Waals surface area contributed by atoms with E-state index in [4.69, 9.17) is 5.11 Å². The van der Waals surface area contributed by atoms with Crippen molar-refractivity contribution >= 4 is 11.7 Å². The van der Waals surface area contributed by atoms with Crippen LogP contribution in [-0.2, 0) is 0 Å². The second-order valence-electron chi connectivity index (χ2n) is 5.14. The van der Waals surface area contributed by atoms with Gasteiger partial charge in [0, 0.05) is 6.54 Å². The maximum absolute atomic E-state index is 13.6. The van der Waals surface area contributed by atoms with Crippen LogP contribution in [0.2, 0.25) is 0 Å². The molecule has 0 heterocycles. The molecule has 0 atom stereocenters. The smallest absolute Gasteiger partial charge is 0.335 e. The largest absolute Gasteiger partial charge is 0.478 e. The predicted octanol–water partition coefficient (Wildman–Crippen LogP) is 3.27. The van der Waals surface area contributed by atoms with Gasteiger partial charge in [0.15, 0.2) is 0 Å². The summed E-state index contributed by atoms with van der Waals surface area (Å²) in [5.74, 6) is -3.07. The van der Waals surface area contributed by atoms with Crippen molar-refractivity contribution in [2.24, 2.45) is 5.41 Å². The first kappa shape index (κ1) is 12.8. The molecule has 1 fully saturated rings. The highest BCUT2D eigenvalue weighted by Gasteiger charge is 2.31. The molecule has 18 heavy (non-hydrogen) atoms. The topological polar surface area (TPSA) is 49.3 Å². The number of rotatable bonds is 4. The highest BCUT2D eigenvalue weighted by molar-refractivity contribution is 5.88. The summed E-state index contributed by atoms with van der Waals surface area (Å²) in [6.07, 6.45) is 3.22. The molecule has 3 nitrogen and oxygen atoms in total. The van der Waals surface area contributed by atoms with E-state index in [0.717, 1.165) is 31.4 Å². The number of carboxylic acid groups (broad SMARTS) is 1. The highest BCUT2D eigenvalue weighted by atomic mass is 19.1. The number of aromatic carboxylic acids is 1. The fourth-order valence-electron chi connectivity index (χ4n) is 2.12. The molecule has 0 aromatic heterocycles. The third kappa shape index (κ3) is 2.44. The summed E-state index contributed by atoms with van der Waals surface area (Å²) in [6.45, 7) is 2.55. The lowest BCUT2D eigenvalue weighted by Gasteiger charge is -2.38. The van der Waals surface area contributed by atoms with Crippen LogP contribution in [0.4, 0.5) is 14.5 Å². The van der Waals surface area contributed by atoms with E-state index in [1.807, 2.05) is 0 Å². The van der Waals surface area contributed by atoms with Gasteiger partial charge in [-0.2, -0.15) is 0 Å². The van der Waals surface area contributed by atoms with Crippen LogP contribution in [0.5, 0.6) is 0 Å². The molecule has 0 saturated heterocycles. The Morgan fingerprint density at radius 2 is 1.94 bits per heavy atom. The number of hydrogen-bond acceptors (Lipinski definition) is 2. The molecule has 98 valence electrons. The van der Waals surface area contributed by atoms with Crippen LogP contribution in [0.3, 0.4) is 0 Å². The molecule has 0 bridgehead atoms. The zero-order chi connectivity index (χ0) is 13.3. The molecular formula is C13H15F2NO2. The minimum Gasteiger partial charge on any atom is -0.478 e. The van der Waals surface area contributed by atoms with Gasteiger partial charge in [-0.1, -0.05) is 13.3 Å². The van der Waals surface area contributed by atoms with Gasteiger partial charge in [0.05, 0.1) is 5.56 Å². The summed E-state index contributed by atoms with van der Waals surface area (Å²) in [4.78, 5) is 10.6. The molecular weight excluding hydrogens is 240 g/mol. The molecule has 5 heteroatoms. The highest BCUT2D eigenvalue weighted by Crippen LogP contribution is 2.40. The number of anilines is 1. The van der Waals surface area contributed by atoms with Gasteiger partial charge >= 0.3 is 5.97 Å². The maximum atomic E-state index is 13.6. The minimum atomic E-state index is -1.34. The molecule has 0 unspecified atom stereocenters. The number of halogens is 2. The van der Waals surface area contributed by atoms with E-state index in [-0.39, 0.29) is 16.7 Å². The van der Waals surface area contributed by atoms with Crippen molar-refractivity contribution in [2.45, 2.75) is 26.2 Å². The SMILES string of the molecule is CC1(CNc2c(F)cc(C(=O)O)cc2F)CCC1. The minimum absolute atomic E-state index is 0.0876. The molecule has 2 rings (SSSR count). The van der Waals surface area contributed by atoms with Crippen molar-refractivity contribution in [3.63, 3.8) is 0 Å². The lowest BCUT2D eigenvalue weighted by molar-refractivity contribution is 0.0695. The Kier molecular flexibility index (Phi) is 3.24. The van der Waals surface area contributed by atoms with Gasteiger partial charge in [-0.25, -0.2) is 13.6 Å². The van der Waals surface area contributed by atoms with Gasteiger partial charge in [-0.15, -0.1) is 0 Å².